The molecule has 0 aliphatic heterocycles. The van der Waals surface area contributed by atoms with Crippen LogP contribution in [-0.2, 0) is 0 Å². The fourth-order valence-electron chi connectivity index (χ4n) is 3.13. The van der Waals surface area contributed by atoms with E-state index in [0.717, 1.165) is 5.69 Å². The van der Waals surface area contributed by atoms with Gasteiger partial charge in [0.1, 0.15) is 0 Å². The molecule has 3 heteroatoms. The maximum Gasteiger partial charge on any atom is 0.0648 e. The van der Waals surface area contributed by atoms with Gasteiger partial charge in [0.2, 0.25) is 0 Å². The molecule has 2 atom stereocenters. The molecule has 0 spiro atoms. The third-order valence-electron chi connectivity index (χ3n) is 4.17. The Labute approximate surface area is 114 Å². The molecule has 0 saturated heterocycles. The topological polar surface area (TPSA) is 29.9 Å². The Kier molecular flexibility index (Phi) is 3.65. The van der Waals surface area contributed by atoms with E-state index in [2.05, 4.69) is 52.5 Å². The summed E-state index contributed by atoms with van der Waals surface area (Å²) in [6.45, 7) is 0. The minimum Gasteiger partial charge on any atom is -0.317 e. The molecule has 3 nitrogen and oxygen atoms in total. The van der Waals surface area contributed by atoms with Gasteiger partial charge in [-0.15, -0.1) is 0 Å². The molecule has 19 heavy (non-hydrogen) atoms. The van der Waals surface area contributed by atoms with Crippen LogP contribution in [0.5, 0.6) is 0 Å². The molecule has 1 aliphatic rings. The highest BCUT2D eigenvalue weighted by Gasteiger charge is 2.24. The standard InChI is InChI=1S/C16H21N3/c1-17-14-7-5-6-13(12-14)16-10-11-18-19(16)15-8-3-2-4-9-15/h2-4,8-11,13-14,17H,5-7,12H2,1H3. The van der Waals surface area contributed by atoms with Gasteiger partial charge in [-0.3, -0.25) is 0 Å². The summed E-state index contributed by atoms with van der Waals surface area (Å²) in [6, 6.07) is 13.2. The number of para-hydroxylation sites is 1. The molecule has 1 heterocycles. The van der Waals surface area contributed by atoms with Gasteiger partial charge in [-0.2, -0.15) is 5.10 Å². The number of nitrogens with zero attached hydrogens (tertiary/aromatic N) is 2. The van der Waals surface area contributed by atoms with Crippen molar-refractivity contribution < 1.29 is 0 Å². The van der Waals surface area contributed by atoms with Gasteiger partial charge in [-0.05, 0) is 44.5 Å². The first-order valence-corrected chi connectivity index (χ1v) is 7.15. The first kappa shape index (κ1) is 12.4. The van der Waals surface area contributed by atoms with Gasteiger partial charge in [0, 0.05) is 23.9 Å². The first-order valence-electron chi connectivity index (χ1n) is 7.15. The highest BCUT2D eigenvalue weighted by Crippen LogP contribution is 2.33. The van der Waals surface area contributed by atoms with Gasteiger partial charge in [-0.25, -0.2) is 4.68 Å². The molecule has 2 aromatic rings. The van der Waals surface area contributed by atoms with Crippen molar-refractivity contribution in [1.82, 2.24) is 15.1 Å². The van der Waals surface area contributed by atoms with Crippen molar-refractivity contribution in [2.24, 2.45) is 0 Å². The minimum absolute atomic E-state index is 0.619. The van der Waals surface area contributed by atoms with E-state index in [1.54, 1.807) is 0 Å². The van der Waals surface area contributed by atoms with Gasteiger partial charge in [-0.1, -0.05) is 24.6 Å². The molecule has 0 radical (unpaired) electrons. The zero-order valence-corrected chi connectivity index (χ0v) is 11.4. The summed E-state index contributed by atoms with van der Waals surface area (Å²) in [5.74, 6) is 0.619. The van der Waals surface area contributed by atoms with Crippen molar-refractivity contribution >= 4 is 0 Å². The fourth-order valence-corrected chi connectivity index (χ4v) is 3.13. The van der Waals surface area contributed by atoms with Crippen LogP contribution in [0, 0.1) is 0 Å². The highest BCUT2D eigenvalue weighted by atomic mass is 15.3. The van der Waals surface area contributed by atoms with Crippen LogP contribution in [0.2, 0.25) is 0 Å². The number of rotatable bonds is 3. The van der Waals surface area contributed by atoms with Crippen LogP contribution in [0.3, 0.4) is 0 Å². The molecule has 1 aromatic heterocycles. The van der Waals surface area contributed by atoms with E-state index >= 15 is 0 Å². The molecular weight excluding hydrogens is 234 g/mol. The van der Waals surface area contributed by atoms with Gasteiger partial charge < -0.3 is 5.32 Å². The quantitative estimate of drug-likeness (QED) is 0.913. The summed E-state index contributed by atoms with van der Waals surface area (Å²) in [5.41, 5.74) is 2.51. The third kappa shape index (κ3) is 2.56. The van der Waals surface area contributed by atoms with Crippen molar-refractivity contribution in [2.75, 3.05) is 7.05 Å². The Hall–Kier alpha value is -1.61. The maximum absolute atomic E-state index is 4.51. The number of benzene rings is 1. The number of aromatic nitrogens is 2. The van der Waals surface area contributed by atoms with Crippen molar-refractivity contribution in [3.05, 3.63) is 48.3 Å². The zero-order chi connectivity index (χ0) is 13.1. The number of hydrogen-bond acceptors (Lipinski definition) is 2. The van der Waals surface area contributed by atoms with E-state index in [4.69, 9.17) is 0 Å². The summed E-state index contributed by atoms with van der Waals surface area (Å²) in [5, 5.41) is 7.93. The highest BCUT2D eigenvalue weighted by molar-refractivity contribution is 5.33. The lowest BCUT2D eigenvalue weighted by molar-refractivity contribution is 0.348. The van der Waals surface area contributed by atoms with E-state index in [9.17, 15) is 0 Å². The maximum atomic E-state index is 4.51. The summed E-state index contributed by atoms with van der Waals surface area (Å²) >= 11 is 0. The van der Waals surface area contributed by atoms with Crippen molar-refractivity contribution in [3.63, 3.8) is 0 Å². The van der Waals surface area contributed by atoms with Gasteiger partial charge in [0.05, 0.1) is 5.69 Å². The fraction of sp³-hybridized carbons (Fsp3) is 0.438. The van der Waals surface area contributed by atoms with Crippen LogP contribution in [0.15, 0.2) is 42.6 Å². The second-order valence-corrected chi connectivity index (χ2v) is 5.35. The normalized spacial score (nSPS) is 23.4. The zero-order valence-electron chi connectivity index (χ0n) is 11.4. The molecule has 0 bridgehead atoms. The van der Waals surface area contributed by atoms with Crippen LogP contribution in [0.1, 0.15) is 37.3 Å². The predicted octanol–water partition coefficient (Wildman–Crippen LogP) is 3.12. The molecule has 0 amide bonds. The Morgan fingerprint density at radius 1 is 1.16 bits per heavy atom. The second kappa shape index (κ2) is 5.57. The van der Waals surface area contributed by atoms with Crippen LogP contribution in [0.25, 0.3) is 5.69 Å². The molecule has 1 N–H and O–H groups in total. The molecular formula is C16H21N3. The lowest BCUT2D eigenvalue weighted by Gasteiger charge is -2.29. The van der Waals surface area contributed by atoms with Gasteiger partial charge in [0.15, 0.2) is 0 Å². The van der Waals surface area contributed by atoms with Crippen molar-refractivity contribution in [1.29, 1.82) is 0 Å². The smallest absolute Gasteiger partial charge is 0.0648 e. The van der Waals surface area contributed by atoms with E-state index in [-0.39, 0.29) is 0 Å². The average molecular weight is 255 g/mol. The Morgan fingerprint density at radius 2 is 2.00 bits per heavy atom. The molecule has 100 valence electrons. The SMILES string of the molecule is CNC1CCCC(c2ccnn2-c2ccccc2)C1. The summed E-state index contributed by atoms with van der Waals surface area (Å²) in [6.07, 6.45) is 7.01. The second-order valence-electron chi connectivity index (χ2n) is 5.35. The molecule has 1 aliphatic carbocycles. The summed E-state index contributed by atoms with van der Waals surface area (Å²) in [7, 11) is 2.07. The Bertz CT molecular complexity index is 518. The van der Waals surface area contributed by atoms with Crippen molar-refractivity contribution in [3.8, 4) is 5.69 Å². The monoisotopic (exact) mass is 255 g/mol. The van der Waals surface area contributed by atoms with E-state index in [0.29, 0.717) is 12.0 Å². The first-order chi connectivity index (χ1) is 9.38. The van der Waals surface area contributed by atoms with Crippen LogP contribution >= 0.6 is 0 Å². The Morgan fingerprint density at radius 3 is 2.79 bits per heavy atom. The van der Waals surface area contributed by atoms with Crippen LogP contribution in [0.4, 0.5) is 0 Å². The average Bonchev–Trinajstić information content (AvgIpc) is 2.98. The van der Waals surface area contributed by atoms with Crippen LogP contribution in [-0.4, -0.2) is 22.9 Å². The van der Waals surface area contributed by atoms with E-state index < -0.39 is 0 Å². The third-order valence-corrected chi connectivity index (χ3v) is 4.17. The van der Waals surface area contributed by atoms with Gasteiger partial charge in [0.25, 0.3) is 0 Å². The number of nitrogens with one attached hydrogen (secondary N) is 1. The van der Waals surface area contributed by atoms with Gasteiger partial charge >= 0.3 is 0 Å². The number of hydrogen-bond donors (Lipinski definition) is 1. The van der Waals surface area contributed by atoms with Crippen molar-refractivity contribution in [2.45, 2.75) is 37.6 Å². The minimum atomic E-state index is 0.619. The Balaban J connectivity index is 1.88. The van der Waals surface area contributed by atoms with E-state index in [1.165, 1.54) is 31.4 Å². The molecule has 3 rings (SSSR count). The largest absolute Gasteiger partial charge is 0.317 e. The molecule has 1 aromatic carbocycles. The molecule has 2 unspecified atom stereocenters. The summed E-state index contributed by atoms with van der Waals surface area (Å²) < 4.78 is 2.10. The molecule has 1 saturated carbocycles. The predicted molar refractivity (Wildman–Crippen MR) is 77.6 cm³/mol. The molecule has 1 fully saturated rings. The van der Waals surface area contributed by atoms with E-state index in [1.807, 2.05) is 12.3 Å². The summed E-state index contributed by atoms with van der Waals surface area (Å²) in [4.78, 5) is 0. The lowest BCUT2D eigenvalue weighted by atomic mass is 9.83. The lowest BCUT2D eigenvalue weighted by Crippen LogP contribution is -2.31. The van der Waals surface area contributed by atoms with Crippen LogP contribution < -0.4 is 5.32 Å².